The highest BCUT2D eigenvalue weighted by Crippen LogP contribution is 2.30. The second kappa shape index (κ2) is 8.15. The van der Waals surface area contributed by atoms with Crippen molar-refractivity contribution < 1.29 is 8.78 Å². The minimum Gasteiger partial charge on any atom is -0.310 e. The highest BCUT2D eigenvalue weighted by atomic mass is 31.0. The van der Waals surface area contributed by atoms with Gasteiger partial charge in [0.05, 0.1) is 5.56 Å². The molecule has 0 aromatic carbocycles. The third kappa shape index (κ3) is 5.50. The molecular weight excluding hydrogens is 321 g/mol. The van der Waals surface area contributed by atoms with Gasteiger partial charge in [0.25, 0.3) is 11.2 Å². The Kier molecular flexibility index (Phi) is 7.08. The number of nitrogens with one attached hydrogen (secondary N) is 1. The monoisotopic (exact) mass is 348 g/mol. The summed E-state index contributed by atoms with van der Waals surface area (Å²) in [4.78, 5) is 19.3. The summed E-state index contributed by atoms with van der Waals surface area (Å²) in [5, 5.41) is 0.846. The number of aromatic amines is 1. The summed E-state index contributed by atoms with van der Waals surface area (Å²) in [7, 11) is 1.44. The topological polar surface area (TPSA) is 75.0 Å². The van der Waals surface area contributed by atoms with Gasteiger partial charge in [-0.05, 0) is 19.3 Å². The molecule has 0 saturated carbocycles. The molecule has 0 aliphatic carbocycles. The van der Waals surface area contributed by atoms with Crippen LogP contribution in [-0.2, 0) is 0 Å². The molecule has 0 aliphatic heterocycles. The van der Waals surface area contributed by atoms with E-state index >= 15 is 0 Å². The fourth-order valence-electron chi connectivity index (χ4n) is 2.82. The van der Waals surface area contributed by atoms with Gasteiger partial charge in [0, 0.05) is 5.92 Å². The summed E-state index contributed by atoms with van der Waals surface area (Å²) in [6.45, 7) is 7.03. The number of halogens is 2. The zero-order valence-corrected chi connectivity index (χ0v) is 15.4. The van der Waals surface area contributed by atoms with Gasteiger partial charge in [-0.3, -0.25) is 9.80 Å². The van der Waals surface area contributed by atoms with Crippen LogP contribution < -0.4 is 16.4 Å². The summed E-state index contributed by atoms with van der Waals surface area (Å²) in [5.74, 6) is 6.73. The molecule has 1 rings (SSSR count). The Balaban J connectivity index is 3.24. The molecule has 0 aliphatic rings. The number of nitrogens with zero attached hydrogens (tertiary/aromatic N) is 2. The van der Waals surface area contributed by atoms with E-state index in [1.54, 1.807) is 0 Å². The van der Waals surface area contributed by atoms with Crippen molar-refractivity contribution in [1.29, 1.82) is 0 Å². The van der Waals surface area contributed by atoms with Gasteiger partial charge >= 0.3 is 0 Å². The lowest BCUT2D eigenvalue weighted by Gasteiger charge is -2.26. The summed E-state index contributed by atoms with van der Waals surface area (Å²) in [6, 6.07) is 0. The molecule has 132 valence electrons. The minimum absolute atomic E-state index is 0.0620. The lowest BCUT2D eigenvalue weighted by molar-refractivity contribution is 0.111. The van der Waals surface area contributed by atoms with Crippen LogP contribution in [0.4, 0.5) is 14.6 Å². The Bertz CT molecular complexity index is 574. The van der Waals surface area contributed by atoms with Gasteiger partial charge in [-0.1, -0.05) is 42.9 Å². The zero-order valence-electron chi connectivity index (χ0n) is 14.2. The quantitative estimate of drug-likeness (QED) is 0.430. The Morgan fingerprint density at radius 3 is 2.52 bits per heavy atom. The molecule has 1 aromatic rings. The third-order valence-corrected chi connectivity index (χ3v) is 4.20. The number of aromatic nitrogens is 2. The smallest absolute Gasteiger partial charge is 0.277 e. The van der Waals surface area contributed by atoms with Crippen molar-refractivity contribution in [2.45, 2.75) is 58.5 Å². The molecule has 3 N–H and O–H groups in total. The molecule has 1 aromatic heterocycles. The molecule has 0 spiro atoms. The van der Waals surface area contributed by atoms with Crippen molar-refractivity contribution in [3.8, 4) is 0 Å². The molecule has 8 heteroatoms. The lowest BCUT2D eigenvalue weighted by Crippen LogP contribution is -2.41. The van der Waals surface area contributed by atoms with Gasteiger partial charge in [-0.2, -0.15) is 0 Å². The van der Waals surface area contributed by atoms with Crippen LogP contribution in [0.3, 0.4) is 0 Å². The molecule has 3 atom stereocenters. The average molecular weight is 348 g/mol. The summed E-state index contributed by atoms with van der Waals surface area (Å²) in [6.07, 6.45) is 2.83. The van der Waals surface area contributed by atoms with E-state index in [2.05, 4.69) is 23.8 Å². The Labute approximate surface area is 138 Å². The van der Waals surface area contributed by atoms with Crippen molar-refractivity contribution in [3.05, 3.63) is 21.7 Å². The maximum Gasteiger partial charge on any atom is 0.277 e. The number of hydrogen-bond acceptors (Lipinski definition) is 4. The average Bonchev–Trinajstić information content (AvgIpc) is 2.41. The fourth-order valence-corrected chi connectivity index (χ4v) is 3.01. The first-order valence-corrected chi connectivity index (χ1v) is 8.48. The van der Waals surface area contributed by atoms with Gasteiger partial charge in [-0.25, -0.2) is 19.6 Å². The van der Waals surface area contributed by atoms with Crippen molar-refractivity contribution in [1.82, 2.24) is 9.97 Å². The molecular formula is C15H27F2N4OP. The van der Waals surface area contributed by atoms with E-state index in [0.717, 1.165) is 24.3 Å². The second-order valence-corrected chi connectivity index (χ2v) is 6.91. The van der Waals surface area contributed by atoms with Crippen LogP contribution in [0.5, 0.6) is 0 Å². The zero-order chi connectivity index (χ0) is 17.8. The van der Waals surface area contributed by atoms with Crippen molar-refractivity contribution in [2.75, 3.05) is 11.6 Å². The summed E-state index contributed by atoms with van der Waals surface area (Å²) in [5.41, 5.74) is -3.15. The van der Waals surface area contributed by atoms with E-state index in [1.807, 2.05) is 6.92 Å². The molecule has 0 radical (unpaired) electrons. The predicted octanol–water partition coefficient (Wildman–Crippen LogP) is 3.16. The molecule has 0 amide bonds. The summed E-state index contributed by atoms with van der Waals surface area (Å²) >= 11 is 0. The van der Waals surface area contributed by atoms with E-state index in [4.69, 9.17) is 5.84 Å². The van der Waals surface area contributed by atoms with Gasteiger partial charge in [0.15, 0.2) is 5.82 Å². The number of rotatable bonds is 8. The van der Waals surface area contributed by atoms with Crippen LogP contribution in [0.25, 0.3) is 0 Å². The molecule has 0 bridgehead atoms. The number of H-pyrrole nitrogens is 1. The highest BCUT2D eigenvalue weighted by molar-refractivity contribution is 7.18. The molecule has 5 nitrogen and oxygen atoms in total. The van der Waals surface area contributed by atoms with Gasteiger partial charge in [0.2, 0.25) is 0 Å². The first-order chi connectivity index (χ1) is 10.6. The van der Waals surface area contributed by atoms with Gasteiger partial charge in [-0.15, -0.1) is 0 Å². The summed E-state index contributed by atoms with van der Waals surface area (Å²) < 4.78 is 26.3. The largest absolute Gasteiger partial charge is 0.310 e. The van der Waals surface area contributed by atoms with Gasteiger partial charge in [0.1, 0.15) is 12.4 Å². The number of alkyl halides is 2. The highest BCUT2D eigenvalue weighted by Gasteiger charge is 2.27. The van der Waals surface area contributed by atoms with E-state index in [0.29, 0.717) is 11.7 Å². The molecule has 23 heavy (non-hydrogen) atoms. The van der Waals surface area contributed by atoms with Crippen LogP contribution in [0.1, 0.15) is 57.3 Å². The number of hydrogen-bond donors (Lipinski definition) is 2. The van der Waals surface area contributed by atoms with Crippen molar-refractivity contribution >= 4 is 15.1 Å². The van der Waals surface area contributed by atoms with Crippen LogP contribution in [0, 0.1) is 12.8 Å². The van der Waals surface area contributed by atoms with E-state index < -0.39 is 12.2 Å². The number of nitrogens with two attached hydrogens (primary N) is 1. The van der Waals surface area contributed by atoms with Crippen molar-refractivity contribution in [2.24, 2.45) is 11.8 Å². The van der Waals surface area contributed by atoms with E-state index in [1.165, 1.54) is 16.2 Å². The number of anilines is 1. The number of hydrazine groups is 1. The normalized spacial score (nSPS) is 14.6. The maximum absolute atomic E-state index is 13.2. The van der Waals surface area contributed by atoms with Crippen LogP contribution in [0.15, 0.2) is 4.79 Å². The molecule has 0 fully saturated rings. The Hall–Kier alpha value is -1.07. The maximum atomic E-state index is 13.2. The Morgan fingerprint density at radius 2 is 2.04 bits per heavy atom. The molecule has 0 saturated heterocycles. The SMILES string of the molecule is CCCC(C)[C@@H](CC)c1nc(N(N)CC(F)(F)P)c(C)c(=O)[nH]1. The van der Waals surface area contributed by atoms with Crippen LogP contribution in [-0.4, -0.2) is 22.2 Å². The van der Waals surface area contributed by atoms with Gasteiger partial charge < -0.3 is 4.98 Å². The van der Waals surface area contributed by atoms with Crippen LogP contribution >= 0.6 is 9.24 Å². The third-order valence-electron chi connectivity index (χ3n) is 4.02. The Morgan fingerprint density at radius 1 is 1.43 bits per heavy atom. The van der Waals surface area contributed by atoms with E-state index in [9.17, 15) is 13.6 Å². The first-order valence-electron chi connectivity index (χ1n) is 7.90. The second-order valence-electron chi connectivity index (χ2n) is 6.07. The van der Waals surface area contributed by atoms with E-state index in [-0.39, 0.29) is 22.9 Å². The lowest BCUT2D eigenvalue weighted by atomic mass is 9.87. The predicted molar refractivity (Wildman–Crippen MR) is 92.9 cm³/mol. The van der Waals surface area contributed by atoms with Crippen molar-refractivity contribution in [3.63, 3.8) is 0 Å². The first kappa shape index (κ1) is 20.0. The minimum atomic E-state index is -3.05. The fraction of sp³-hybridized carbons (Fsp3) is 0.733. The standard InChI is InChI=1S/C15H27F2N4OP/c1-5-7-9(3)11(6-2)12-19-13(10(4)14(22)20-12)21(18)8-15(16,17)23/h9,11H,5-8,18,23H2,1-4H3,(H,19,20,22)/t9?,11-/m1/s1. The molecule has 1 heterocycles. The van der Waals surface area contributed by atoms with Crippen LogP contribution in [0.2, 0.25) is 0 Å². The molecule has 2 unspecified atom stereocenters.